The van der Waals surface area contributed by atoms with Gasteiger partial charge in [0.25, 0.3) is 0 Å². The average molecular weight is 300 g/mol. The molecule has 0 amide bonds. The molecule has 1 saturated carbocycles. The maximum atomic E-state index is 14.0. The fourth-order valence-corrected chi connectivity index (χ4v) is 2.58. The van der Waals surface area contributed by atoms with Gasteiger partial charge >= 0.3 is 5.97 Å². The largest absolute Gasteiger partial charge is 0.478 e. The van der Waals surface area contributed by atoms with Crippen molar-refractivity contribution in [3.63, 3.8) is 0 Å². The molecule has 0 radical (unpaired) electrons. The third-order valence-electron chi connectivity index (χ3n) is 3.84. The second kappa shape index (κ2) is 4.66. The summed E-state index contributed by atoms with van der Waals surface area (Å²) in [5.41, 5.74) is 2.12. The Morgan fingerprint density at radius 3 is 2.86 bits per heavy atom. The molecule has 1 fully saturated rings. The van der Waals surface area contributed by atoms with Crippen LogP contribution in [0.15, 0.2) is 30.9 Å². The van der Waals surface area contributed by atoms with Crippen molar-refractivity contribution in [2.75, 3.05) is 0 Å². The predicted molar refractivity (Wildman–Crippen MR) is 75.4 cm³/mol. The van der Waals surface area contributed by atoms with Gasteiger partial charge < -0.3 is 9.51 Å². The van der Waals surface area contributed by atoms with Crippen molar-refractivity contribution in [1.82, 2.24) is 19.2 Å². The summed E-state index contributed by atoms with van der Waals surface area (Å²) < 4.78 is 17.3. The first kappa shape index (κ1) is 13.0. The highest BCUT2D eigenvalue weighted by atomic mass is 19.1. The molecule has 3 heterocycles. The Morgan fingerprint density at radius 1 is 1.36 bits per heavy atom. The van der Waals surface area contributed by atoms with E-state index < -0.39 is 5.97 Å². The third-order valence-corrected chi connectivity index (χ3v) is 3.84. The lowest BCUT2D eigenvalue weighted by Gasteiger charge is -2.01. The number of carboxylic acids is 1. The molecular weight excluding hydrogens is 287 g/mol. The van der Waals surface area contributed by atoms with Gasteiger partial charge in [0.1, 0.15) is 11.5 Å². The maximum Gasteiger partial charge on any atom is 0.338 e. The molecule has 6 nitrogen and oxygen atoms in total. The number of pyridine rings is 1. The van der Waals surface area contributed by atoms with E-state index in [1.54, 1.807) is 6.20 Å². The second-order valence-electron chi connectivity index (χ2n) is 5.58. The van der Waals surface area contributed by atoms with Crippen molar-refractivity contribution in [2.45, 2.75) is 25.3 Å². The zero-order chi connectivity index (χ0) is 15.3. The molecule has 1 N–H and O–H groups in total. The van der Waals surface area contributed by atoms with Crippen molar-refractivity contribution in [3.05, 3.63) is 53.5 Å². The molecule has 0 aromatic carbocycles. The number of carbonyl (C=O) groups is 1. The van der Waals surface area contributed by atoms with Crippen molar-refractivity contribution in [1.29, 1.82) is 0 Å². The Hall–Kier alpha value is -2.70. The maximum absolute atomic E-state index is 14.0. The molecule has 0 atom stereocenters. The Morgan fingerprint density at radius 2 is 2.18 bits per heavy atom. The summed E-state index contributed by atoms with van der Waals surface area (Å²) in [5.74, 6) is -0.892. The number of fused-ring (bicyclic) bond motifs is 1. The third kappa shape index (κ3) is 2.24. The van der Waals surface area contributed by atoms with Gasteiger partial charge in [0, 0.05) is 30.2 Å². The molecule has 0 saturated heterocycles. The molecule has 7 heteroatoms. The average Bonchev–Trinajstić information content (AvgIpc) is 3.07. The van der Waals surface area contributed by atoms with Gasteiger partial charge in [0.05, 0.1) is 24.0 Å². The van der Waals surface area contributed by atoms with E-state index in [2.05, 4.69) is 10.1 Å². The zero-order valence-corrected chi connectivity index (χ0v) is 11.6. The highest BCUT2D eigenvalue weighted by Crippen LogP contribution is 2.41. The molecule has 3 aromatic heterocycles. The number of imidazole rings is 1. The van der Waals surface area contributed by atoms with E-state index in [-0.39, 0.29) is 11.4 Å². The molecule has 0 spiro atoms. The van der Waals surface area contributed by atoms with Gasteiger partial charge in [-0.25, -0.2) is 14.2 Å². The van der Waals surface area contributed by atoms with Crippen LogP contribution >= 0.6 is 0 Å². The van der Waals surface area contributed by atoms with Crippen LogP contribution in [-0.4, -0.2) is 30.2 Å². The number of hydrogen-bond acceptors (Lipinski definition) is 3. The number of aromatic carboxylic acids is 1. The van der Waals surface area contributed by atoms with E-state index in [9.17, 15) is 9.18 Å². The minimum Gasteiger partial charge on any atom is -0.478 e. The lowest BCUT2D eigenvalue weighted by molar-refractivity contribution is 0.0697. The van der Waals surface area contributed by atoms with Crippen molar-refractivity contribution < 1.29 is 14.3 Å². The summed E-state index contributed by atoms with van der Waals surface area (Å²) in [7, 11) is 0. The highest BCUT2D eigenvalue weighted by molar-refractivity contribution is 5.86. The highest BCUT2D eigenvalue weighted by Gasteiger charge is 2.27. The van der Waals surface area contributed by atoms with Crippen LogP contribution in [0.25, 0.3) is 5.65 Å². The number of aromatic nitrogens is 4. The molecule has 0 unspecified atom stereocenters. The lowest BCUT2D eigenvalue weighted by Crippen LogP contribution is -2.00. The van der Waals surface area contributed by atoms with E-state index >= 15 is 0 Å². The minimum atomic E-state index is -1.02. The molecule has 0 bridgehead atoms. The van der Waals surface area contributed by atoms with Gasteiger partial charge in [-0.05, 0) is 18.8 Å². The molecule has 112 valence electrons. The Kier molecular flexibility index (Phi) is 2.75. The van der Waals surface area contributed by atoms with Crippen LogP contribution in [0, 0.1) is 5.82 Å². The Balaban J connectivity index is 1.65. The first-order valence-electron chi connectivity index (χ1n) is 7.03. The molecule has 4 rings (SSSR count). The van der Waals surface area contributed by atoms with Gasteiger partial charge in [-0.3, -0.25) is 4.68 Å². The van der Waals surface area contributed by atoms with Gasteiger partial charge in [-0.15, -0.1) is 0 Å². The molecule has 0 aliphatic heterocycles. The summed E-state index contributed by atoms with van der Waals surface area (Å²) >= 11 is 0. The predicted octanol–water partition coefficient (Wildman–Crippen LogP) is 2.29. The van der Waals surface area contributed by atoms with E-state index in [4.69, 9.17) is 5.11 Å². The van der Waals surface area contributed by atoms with Gasteiger partial charge in [0.15, 0.2) is 0 Å². The second-order valence-corrected chi connectivity index (χ2v) is 5.58. The molecule has 1 aliphatic carbocycles. The van der Waals surface area contributed by atoms with Gasteiger partial charge in [0.2, 0.25) is 0 Å². The molecular formula is C15H13FN4O2. The minimum absolute atomic E-state index is 0.130. The van der Waals surface area contributed by atoms with Crippen LogP contribution in [0.2, 0.25) is 0 Å². The molecule has 3 aromatic rings. The van der Waals surface area contributed by atoms with E-state index in [1.807, 2.05) is 10.6 Å². The van der Waals surface area contributed by atoms with E-state index in [0.717, 1.165) is 18.4 Å². The van der Waals surface area contributed by atoms with Crippen LogP contribution in [0.4, 0.5) is 4.39 Å². The van der Waals surface area contributed by atoms with E-state index in [1.165, 1.54) is 23.1 Å². The standard InChI is InChI=1S/C15H13FN4O2/c16-13-3-14-18-11(6-19(14)8-12(13)9-1-2-9)7-20-5-10(4-17-20)15(21)22/h3-6,8-9H,1-2,7H2,(H,21,22). The number of rotatable bonds is 4. The van der Waals surface area contributed by atoms with Crippen LogP contribution in [0.5, 0.6) is 0 Å². The fourth-order valence-electron chi connectivity index (χ4n) is 2.58. The number of carboxylic acid groups (broad SMARTS) is 1. The molecule has 22 heavy (non-hydrogen) atoms. The topological polar surface area (TPSA) is 72.4 Å². The number of hydrogen-bond donors (Lipinski definition) is 1. The van der Waals surface area contributed by atoms with E-state index in [0.29, 0.717) is 23.8 Å². The first-order valence-corrected chi connectivity index (χ1v) is 7.03. The fraction of sp³-hybridized carbons (Fsp3) is 0.267. The number of halogens is 1. The quantitative estimate of drug-likeness (QED) is 0.802. The van der Waals surface area contributed by atoms with Gasteiger partial charge in [-0.1, -0.05) is 0 Å². The monoisotopic (exact) mass is 300 g/mol. The zero-order valence-electron chi connectivity index (χ0n) is 11.6. The Bertz CT molecular complexity index is 879. The first-order chi connectivity index (χ1) is 10.6. The SMILES string of the molecule is O=C(O)c1cnn(Cc2cn3cc(C4CC4)c(F)cc3n2)c1. The van der Waals surface area contributed by atoms with Crippen LogP contribution in [-0.2, 0) is 6.54 Å². The van der Waals surface area contributed by atoms with Crippen LogP contribution in [0.3, 0.4) is 0 Å². The summed E-state index contributed by atoms with van der Waals surface area (Å²) in [4.78, 5) is 15.2. The van der Waals surface area contributed by atoms with Crippen LogP contribution in [0.1, 0.15) is 40.4 Å². The number of nitrogens with zero attached hydrogens (tertiary/aromatic N) is 4. The van der Waals surface area contributed by atoms with Crippen molar-refractivity contribution in [3.8, 4) is 0 Å². The lowest BCUT2D eigenvalue weighted by atomic mass is 10.2. The smallest absolute Gasteiger partial charge is 0.338 e. The normalized spacial score (nSPS) is 14.6. The summed E-state index contributed by atoms with van der Waals surface area (Å²) in [6.45, 7) is 0.343. The summed E-state index contributed by atoms with van der Waals surface area (Å²) in [6, 6.07) is 1.45. The Labute approximate surface area is 124 Å². The van der Waals surface area contributed by atoms with Crippen molar-refractivity contribution in [2.24, 2.45) is 0 Å². The summed E-state index contributed by atoms with van der Waals surface area (Å²) in [5, 5.41) is 12.9. The molecule has 1 aliphatic rings. The summed E-state index contributed by atoms with van der Waals surface area (Å²) in [6.07, 6.45) is 8.43. The van der Waals surface area contributed by atoms with Crippen molar-refractivity contribution >= 4 is 11.6 Å². The van der Waals surface area contributed by atoms with Gasteiger partial charge in [-0.2, -0.15) is 5.10 Å². The van der Waals surface area contributed by atoms with Crippen LogP contribution < -0.4 is 0 Å².